The predicted octanol–water partition coefficient (Wildman–Crippen LogP) is 0.990. The molecule has 4 nitrogen and oxygen atoms in total. The molecule has 0 rings (SSSR count). The molecule has 0 aromatic heterocycles. The molecule has 0 atom stereocenters. The predicted molar refractivity (Wildman–Crippen MR) is 41.0 cm³/mol. The molecule has 0 aliphatic rings. The Morgan fingerprint density at radius 1 is 1.45 bits per heavy atom. The number of aliphatic hydroxyl groups excluding tert-OH is 1. The van der Waals surface area contributed by atoms with E-state index in [1.165, 1.54) is 0 Å². The number of carbonyl (C=O) groups excluding carboxylic acids is 1. The van der Waals surface area contributed by atoms with Gasteiger partial charge in [-0.15, -0.1) is 0 Å². The van der Waals surface area contributed by atoms with Gasteiger partial charge in [-0.05, 0) is 12.8 Å². The van der Waals surface area contributed by atoms with Crippen LogP contribution in [0, 0.1) is 0 Å². The van der Waals surface area contributed by atoms with Crippen LogP contribution in [-0.2, 0) is 4.79 Å². The van der Waals surface area contributed by atoms with Crippen LogP contribution in [0.1, 0.15) is 26.2 Å². The number of amides is 1. The summed E-state index contributed by atoms with van der Waals surface area (Å²) in [6.07, 6.45) is 1.93. The summed E-state index contributed by atoms with van der Waals surface area (Å²) in [5.41, 5.74) is 4.77. The molecule has 0 unspecified atom stereocenters. The van der Waals surface area contributed by atoms with Crippen LogP contribution >= 0.6 is 0 Å². The average molecular weight is 159 g/mol. The molecule has 0 saturated carbocycles. The summed E-state index contributed by atoms with van der Waals surface area (Å²) < 4.78 is 0. The third-order valence-electron chi connectivity index (χ3n) is 1.35. The van der Waals surface area contributed by atoms with Gasteiger partial charge in [-0.1, -0.05) is 13.3 Å². The van der Waals surface area contributed by atoms with Crippen molar-refractivity contribution in [2.24, 2.45) is 5.73 Å². The summed E-state index contributed by atoms with van der Waals surface area (Å²) in [6, 6.07) is 0. The molecule has 64 valence electrons. The second kappa shape index (κ2) is 4.60. The van der Waals surface area contributed by atoms with Gasteiger partial charge in [0.05, 0.1) is 5.57 Å². The van der Waals surface area contributed by atoms with Gasteiger partial charge in [0.1, 0.15) is 0 Å². The minimum absolute atomic E-state index is 0.0909. The fourth-order valence-corrected chi connectivity index (χ4v) is 0.699. The molecule has 1 amide bonds. The lowest BCUT2D eigenvalue weighted by Gasteiger charge is -2.00. The molecule has 4 N–H and O–H groups in total. The Bertz CT molecular complexity index is 171. The van der Waals surface area contributed by atoms with E-state index in [4.69, 9.17) is 15.9 Å². The van der Waals surface area contributed by atoms with E-state index in [1.54, 1.807) is 0 Å². The van der Waals surface area contributed by atoms with Crippen molar-refractivity contribution in [3.05, 3.63) is 11.5 Å². The maximum absolute atomic E-state index is 10.5. The number of primary amides is 1. The molecule has 0 radical (unpaired) electrons. The van der Waals surface area contributed by atoms with E-state index in [1.807, 2.05) is 6.92 Å². The van der Waals surface area contributed by atoms with Crippen LogP contribution in [0.15, 0.2) is 11.5 Å². The second-order valence-corrected chi connectivity index (χ2v) is 2.27. The van der Waals surface area contributed by atoms with Gasteiger partial charge in [0.15, 0.2) is 0 Å². The van der Waals surface area contributed by atoms with Crippen LogP contribution in [0.2, 0.25) is 0 Å². The van der Waals surface area contributed by atoms with E-state index in [9.17, 15) is 4.79 Å². The highest BCUT2D eigenvalue weighted by atomic mass is 16.5. The number of hydrogen-bond acceptors (Lipinski definition) is 3. The van der Waals surface area contributed by atoms with Crippen LogP contribution < -0.4 is 5.73 Å². The third kappa shape index (κ3) is 3.50. The van der Waals surface area contributed by atoms with Gasteiger partial charge in [-0.25, -0.2) is 0 Å². The quantitative estimate of drug-likeness (QED) is 0.422. The minimum atomic E-state index is -0.953. The molecule has 0 aromatic rings. The molecule has 0 saturated heterocycles. The summed E-state index contributed by atoms with van der Waals surface area (Å²) >= 11 is 0. The van der Waals surface area contributed by atoms with Gasteiger partial charge >= 0.3 is 0 Å². The molecule has 0 spiro atoms. The summed E-state index contributed by atoms with van der Waals surface area (Å²) in [7, 11) is 0. The highest BCUT2D eigenvalue weighted by molar-refractivity contribution is 5.91. The Morgan fingerprint density at radius 3 is 2.27 bits per heavy atom. The Morgan fingerprint density at radius 2 is 2.00 bits per heavy atom. The van der Waals surface area contributed by atoms with Crippen molar-refractivity contribution in [3.63, 3.8) is 0 Å². The fourth-order valence-electron chi connectivity index (χ4n) is 0.699. The van der Waals surface area contributed by atoms with Crippen molar-refractivity contribution in [2.75, 3.05) is 0 Å². The largest absolute Gasteiger partial charge is 0.481 e. The molecule has 0 aliphatic heterocycles. The van der Waals surface area contributed by atoms with E-state index in [0.717, 1.165) is 12.8 Å². The zero-order valence-corrected chi connectivity index (χ0v) is 6.50. The zero-order chi connectivity index (χ0) is 8.85. The number of aliphatic hydroxyl groups is 2. The Kier molecular flexibility index (Phi) is 4.10. The standard InChI is InChI=1S/C7H13NO3/c1-2-3-4-5(6(8)9)7(10)11/h10-11H,2-4H2,1H3,(H2,8,9). The van der Waals surface area contributed by atoms with E-state index in [0.29, 0.717) is 6.42 Å². The summed E-state index contributed by atoms with van der Waals surface area (Å²) in [6.45, 7) is 1.94. The van der Waals surface area contributed by atoms with Gasteiger partial charge < -0.3 is 15.9 Å². The smallest absolute Gasteiger partial charge is 0.283 e. The van der Waals surface area contributed by atoms with Crippen molar-refractivity contribution < 1.29 is 15.0 Å². The second-order valence-electron chi connectivity index (χ2n) is 2.27. The molecular weight excluding hydrogens is 146 g/mol. The zero-order valence-electron chi connectivity index (χ0n) is 6.50. The Hall–Kier alpha value is -1.19. The lowest BCUT2D eigenvalue weighted by Crippen LogP contribution is -2.16. The van der Waals surface area contributed by atoms with E-state index >= 15 is 0 Å². The molecule has 4 heteroatoms. The molecular formula is C7H13NO3. The highest BCUT2D eigenvalue weighted by Gasteiger charge is 2.09. The molecule has 0 bridgehead atoms. The number of rotatable bonds is 4. The van der Waals surface area contributed by atoms with Crippen molar-refractivity contribution in [1.29, 1.82) is 0 Å². The van der Waals surface area contributed by atoms with E-state index in [2.05, 4.69) is 0 Å². The Balaban J connectivity index is 4.14. The minimum Gasteiger partial charge on any atom is -0.481 e. The third-order valence-corrected chi connectivity index (χ3v) is 1.35. The maximum Gasteiger partial charge on any atom is 0.283 e. The first kappa shape index (κ1) is 9.81. The van der Waals surface area contributed by atoms with Crippen molar-refractivity contribution >= 4 is 5.91 Å². The van der Waals surface area contributed by atoms with Crippen LogP contribution in [-0.4, -0.2) is 16.1 Å². The molecule has 0 aliphatic carbocycles. The monoisotopic (exact) mass is 159 g/mol. The summed E-state index contributed by atoms with van der Waals surface area (Å²) in [5, 5.41) is 17.1. The van der Waals surface area contributed by atoms with E-state index < -0.39 is 11.9 Å². The average Bonchev–Trinajstić information content (AvgIpc) is 1.87. The van der Waals surface area contributed by atoms with Gasteiger partial charge in [0.2, 0.25) is 0 Å². The SMILES string of the molecule is CCCCC(C(N)=O)=C(O)O. The number of carbonyl (C=O) groups is 1. The number of nitrogens with two attached hydrogens (primary N) is 1. The molecule has 0 fully saturated rings. The maximum atomic E-state index is 10.5. The lowest BCUT2D eigenvalue weighted by atomic mass is 10.1. The first-order chi connectivity index (χ1) is 5.09. The van der Waals surface area contributed by atoms with Crippen molar-refractivity contribution in [2.45, 2.75) is 26.2 Å². The van der Waals surface area contributed by atoms with Crippen molar-refractivity contribution in [1.82, 2.24) is 0 Å². The van der Waals surface area contributed by atoms with Crippen LogP contribution in [0.25, 0.3) is 0 Å². The first-order valence-corrected chi connectivity index (χ1v) is 3.50. The van der Waals surface area contributed by atoms with E-state index in [-0.39, 0.29) is 5.57 Å². The van der Waals surface area contributed by atoms with Gasteiger partial charge in [0, 0.05) is 0 Å². The molecule has 0 heterocycles. The van der Waals surface area contributed by atoms with Crippen LogP contribution in [0.3, 0.4) is 0 Å². The van der Waals surface area contributed by atoms with Gasteiger partial charge in [0.25, 0.3) is 11.9 Å². The van der Waals surface area contributed by atoms with Gasteiger partial charge in [-0.2, -0.15) is 0 Å². The summed E-state index contributed by atoms with van der Waals surface area (Å²) in [4.78, 5) is 10.5. The highest BCUT2D eigenvalue weighted by Crippen LogP contribution is 2.08. The number of hydrogen-bond donors (Lipinski definition) is 3. The Labute approximate surface area is 65.3 Å². The topological polar surface area (TPSA) is 83.6 Å². The number of unbranched alkanes of at least 4 members (excludes halogenated alkanes) is 1. The lowest BCUT2D eigenvalue weighted by molar-refractivity contribution is -0.115. The van der Waals surface area contributed by atoms with Crippen LogP contribution in [0.4, 0.5) is 0 Å². The molecule has 11 heavy (non-hydrogen) atoms. The normalized spacial score (nSPS) is 9.18. The summed E-state index contributed by atoms with van der Waals surface area (Å²) in [5.74, 6) is -1.72. The van der Waals surface area contributed by atoms with Crippen molar-refractivity contribution in [3.8, 4) is 0 Å². The fraction of sp³-hybridized carbons (Fsp3) is 0.571. The first-order valence-electron chi connectivity index (χ1n) is 3.50. The molecule has 0 aromatic carbocycles. The van der Waals surface area contributed by atoms with Crippen LogP contribution in [0.5, 0.6) is 0 Å². The van der Waals surface area contributed by atoms with Gasteiger partial charge in [-0.3, -0.25) is 4.79 Å².